The van der Waals surface area contributed by atoms with Crippen LogP contribution in [-0.2, 0) is 11.3 Å². The van der Waals surface area contributed by atoms with E-state index in [1.165, 1.54) is 4.90 Å². The van der Waals surface area contributed by atoms with Gasteiger partial charge in [0.1, 0.15) is 5.54 Å². The number of aromatic nitrogens is 1. The van der Waals surface area contributed by atoms with E-state index in [1.54, 1.807) is 0 Å². The number of benzene rings is 1. The summed E-state index contributed by atoms with van der Waals surface area (Å²) in [6, 6.07) is 9.67. The Balaban J connectivity index is 1.61. The summed E-state index contributed by atoms with van der Waals surface area (Å²) >= 11 is 0. The van der Waals surface area contributed by atoms with Crippen LogP contribution in [0.3, 0.4) is 0 Å². The van der Waals surface area contributed by atoms with E-state index in [2.05, 4.69) is 10.3 Å². The SMILES string of the molecule is O=C1NC2(CCCC2)C(=O)N1Cc1cc2ccccc2[nH]1. The molecule has 2 aliphatic rings. The highest BCUT2D eigenvalue weighted by Crippen LogP contribution is 2.35. The maximum Gasteiger partial charge on any atom is 0.325 e. The van der Waals surface area contributed by atoms with Crippen LogP contribution in [0.2, 0.25) is 0 Å². The van der Waals surface area contributed by atoms with E-state index in [-0.39, 0.29) is 11.9 Å². The number of nitrogens with one attached hydrogen (secondary N) is 2. The Labute approximate surface area is 122 Å². The van der Waals surface area contributed by atoms with Gasteiger partial charge in [-0.25, -0.2) is 4.79 Å². The van der Waals surface area contributed by atoms with Crippen molar-refractivity contribution < 1.29 is 9.59 Å². The Morgan fingerprint density at radius 1 is 1.14 bits per heavy atom. The summed E-state index contributed by atoms with van der Waals surface area (Å²) < 4.78 is 0. The summed E-state index contributed by atoms with van der Waals surface area (Å²) in [5.41, 5.74) is 1.29. The summed E-state index contributed by atoms with van der Waals surface area (Å²) in [5.74, 6) is -0.0661. The van der Waals surface area contributed by atoms with Crippen LogP contribution in [0.4, 0.5) is 4.79 Å². The Bertz CT molecular complexity index is 695. The van der Waals surface area contributed by atoms with Gasteiger partial charge in [0.05, 0.1) is 6.54 Å². The molecular weight excluding hydrogens is 266 g/mol. The maximum atomic E-state index is 12.6. The molecule has 1 spiro atoms. The molecule has 1 aliphatic carbocycles. The lowest BCUT2D eigenvalue weighted by atomic mass is 9.98. The number of imide groups is 1. The molecular formula is C16H17N3O2. The lowest BCUT2D eigenvalue weighted by Gasteiger charge is -2.19. The second-order valence-corrected chi connectivity index (χ2v) is 5.99. The molecule has 0 bridgehead atoms. The summed E-state index contributed by atoms with van der Waals surface area (Å²) in [7, 11) is 0. The van der Waals surface area contributed by atoms with Crippen LogP contribution in [0.15, 0.2) is 30.3 Å². The van der Waals surface area contributed by atoms with Crippen molar-refractivity contribution in [3.8, 4) is 0 Å². The molecule has 1 aromatic carbocycles. The monoisotopic (exact) mass is 283 g/mol. The predicted octanol–water partition coefficient (Wildman–Crippen LogP) is 2.53. The minimum atomic E-state index is -0.622. The number of fused-ring (bicyclic) bond motifs is 1. The molecule has 1 aliphatic heterocycles. The van der Waals surface area contributed by atoms with Crippen molar-refractivity contribution in [3.05, 3.63) is 36.0 Å². The van der Waals surface area contributed by atoms with Gasteiger partial charge in [-0.15, -0.1) is 0 Å². The number of carbonyl (C=O) groups excluding carboxylic acids is 2. The maximum absolute atomic E-state index is 12.6. The van der Waals surface area contributed by atoms with Gasteiger partial charge < -0.3 is 10.3 Å². The number of hydrogen-bond acceptors (Lipinski definition) is 2. The van der Waals surface area contributed by atoms with Gasteiger partial charge >= 0.3 is 6.03 Å². The van der Waals surface area contributed by atoms with E-state index in [1.807, 2.05) is 30.3 Å². The fraction of sp³-hybridized carbons (Fsp3) is 0.375. The first-order chi connectivity index (χ1) is 10.2. The molecule has 0 radical (unpaired) electrons. The number of aromatic amines is 1. The number of rotatable bonds is 2. The molecule has 4 rings (SSSR count). The molecule has 2 fully saturated rings. The lowest BCUT2D eigenvalue weighted by molar-refractivity contribution is -0.131. The van der Waals surface area contributed by atoms with Gasteiger partial charge in [-0.05, 0) is 30.4 Å². The number of amides is 3. The van der Waals surface area contributed by atoms with Crippen LogP contribution >= 0.6 is 0 Å². The molecule has 5 heteroatoms. The fourth-order valence-corrected chi connectivity index (χ4v) is 3.53. The van der Waals surface area contributed by atoms with Crippen molar-refractivity contribution >= 4 is 22.8 Å². The second-order valence-electron chi connectivity index (χ2n) is 5.99. The van der Waals surface area contributed by atoms with Crippen molar-refractivity contribution in [2.75, 3.05) is 0 Å². The predicted molar refractivity (Wildman–Crippen MR) is 78.6 cm³/mol. The van der Waals surface area contributed by atoms with Gasteiger partial charge in [-0.1, -0.05) is 31.0 Å². The van der Waals surface area contributed by atoms with Gasteiger partial charge in [-0.3, -0.25) is 9.69 Å². The van der Waals surface area contributed by atoms with Crippen molar-refractivity contribution in [2.24, 2.45) is 0 Å². The first-order valence-corrected chi connectivity index (χ1v) is 7.39. The van der Waals surface area contributed by atoms with Crippen molar-refractivity contribution in [2.45, 2.75) is 37.8 Å². The third-order valence-corrected chi connectivity index (χ3v) is 4.62. The highest BCUT2D eigenvalue weighted by Gasteiger charge is 2.52. The average Bonchev–Trinajstić information content (AvgIpc) is 3.14. The van der Waals surface area contributed by atoms with Crippen LogP contribution in [0.1, 0.15) is 31.4 Å². The molecule has 1 saturated carbocycles. The van der Waals surface area contributed by atoms with E-state index in [0.29, 0.717) is 6.54 Å². The number of para-hydroxylation sites is 1. The molecule has 5 nitrogen and oxygen atoms in total. The van der Waals surface area contributed by atoms with E-state index < -0.39 is 5.54 Å². The Morgan fingerprint density at radius 3 is 2.67 bits per heavy atom. The molecule has 0 unspecified atom stereocenters. The zero-order valence-corrected chi connectivity index (χ0v) is 11.7. The number of hydrogen-bond donors (Lipinski definition) is 2. The highest BCUT2D eigenvalue weighted by atomic mass is 16.2. The Kier molecular flexibility index (Phi) is 2.58. The lowest BCUT2D eigenvalue weighted by Crippen LogP contribution is -2.44. The standard InChI is InChI=1S/C16H17N3O2/c20-14-16(7-3-4-8-16)18-15(21)19(14)10-12-9-11-5-1-2-6-13(11)17-12/h1-2,5-6,9,17H,3-4,7-8,10H2,(H,18,21). The molecule has 0 atom stereocenters. The Hall–Kier alpha value is -2.30. The number of H-pyrrole nitrogens is 1. The molecule has 1 aromatic heterocycles. The topological polar surface area (TPSA) is 65.2 Å². The molecule has 2 aromatic rings. The van der Waals surface area contributed by atoms with Crippen molar-refractivity contribution in [1.29, 1.82) is 0 Å². The van der Waals surface area contributed by atoms with Crippen LogP contribution in [0, 0.1) is 0 Å². The van der Waals surface area contributed by atoms with Gasteiger partial charge in [0.25, 0.3) is 5.91 Å². The molecule has 2 N–H and O–H groups in total. The van der Waals surface area contributed by atoms with Crippen molar-refractivity contribution in [1.82, 2.24) is 15.2 Å². The van der Waals surface area contributed by atoms with Crippen LogP contribution in [0.5, 0.6) is 0 Å². The summed E-state index contributed by atoms with van der Waals surface area (Å²) in [4.78, 5) is 29.3. The molecule has 1 saturated heterocycles. The first kappa shape index (κ1) is 12.4. The van der Waals surface area contributed by atoms with Gasteiger partial charge in [0.15, 0.2) is 0 Å². The normalized spacial score (nSPS) is 20.7. The van der Waals surface area contributed by atoms with Crippen LogP contribution in [0.25, 0.3) is 10.9 Å². The third kappa shape index (κ3) is 1.84. The zero-order chi connectivity index (χ0) is 14.4. The van der Waals surface area contributed by atoms with Crippen molar-refractivity contribution in [3.63, 3.8) is 0 Å². The minimum Gasteiger partial charge on any atom is -0.357 e. The minimum absolute atomic E-state index is 0.0661. The second kappa shape index (κ2) is 4.35. The average molecular weight is 283 g/mol. The van der Waals surface area contributed by atoms with Crippen LogP contribution in [-0.4, -0.2) is 27.4 Å². The summed E-state index contributed by atoms with van der Waals surface area (Å²) in [6.07, 6.45) is 3.54. The van der Waals surface area contributed by atoms with E-state index in [4.69, 9.17) is 0 Å². The molecule has 3 amide bonds. The molecule has 108 valence electrons. The third-order valence-electron chi connectivity index (χ3n) is 4.62. The number of urea groups is 1. The molecule has 21 heavy (non-hydrogen) atoms. The Morgan fingerprint density at radius 2 is 1.90 bits per heavy atom. The van der Waals surface area contributed by atoms with E-state index in [0.717, 1.165) is 42.3 Å². The van der Waals surface area contributed by atoms with E-state index in [9.17, 15) is 9.59 Å². The number of nitrogens with zero attached hydrogens (tertiary/aromatic N) is 1. The summed E-state index contributed by atoms with van der Waals surface area (Å²) in [6.45, 7) is 0.307. The summed E-state index contributed by atoms with van der Waals surface area (Å²) in [5, 5.41) is 4.00. The number of carbonyl (C=O) groups is 2. The smallest absolute Gasteiger partial charge is 0.325 e. The van der Waals surface area contributed by atoms with Gasteiger partial charge in [0, 0.05) is 11.2 Å². The van der Waals surface area contributed by atoms with Gasteiger partial charge in [-0.2, -0.15) is 0 Å². The quantitative estimate of drug-likeness (QED) is 0.832. The fourth-order valence-electron chi connectivity index (χ4n) is 3.53. The van der Waals surface area contributed by atoms with Gasteiger partial charge in [0.2, 0.25) is 0 Å². The zero-order valence-electron chi connectivity index (χ0n) is 11.7. The van der Waals surface area contributed by atoms with Crippen LogP contribution < -0.4 is 5.32 Å². The molecule has 2 heterocycles. The van der Waals surface area contributed by atoms with E-state index >= 15 is 0 Å². The largest absolute Gasteiger partial charge is 0.357 e. The highest BCUT2D eigenvalue weighted by molar-refractivity contribution is 6.07. The first-order valence-electron chi connectivity index (χ1n) is 7.39.